The Balaban J connectivity index is 0.00000160. The maximum absolute atomic E-state index is 2.48. The van der Waals surface area contributed by atoms with Crippen molar-refractivity contribution in [1.82, 2.24) is 0 Å². The Kier molecular flexibility index (Phi) is 9.27. The maximum atomic E-state index is 2.48. The molecule has 0 unspecified atom stereocenters. The van der Waals surface area contributed by atoms with Crippen LogP contribution in [0.5, 0.6) is 0 Å². The van der Waals surface area contributed by atoms with Crippen LogP contribution in [0.3, 0.4) is 0 Å². The molecule has 4 rings (SSSR count). The van der Waals surface area contributed by atoms with E-state index in [0.29, 0.717) is 0 Å². The molecule has 3 heteroatoms. The zero-order chi connectivity index (χ0) is 20.3. The fourth-order valence-corrected chi connectivity index (χ4v) is 4.86. The van der Waals surface area contributed by atoms with Gasteiger partial charge in [0.05, 0.1) is 0 Å². The summed E-state index contributed by atoms with van der Waals surface area (Å²) in [4.78, 5) is 0. The summed E-state index contributed by atoms with van der Waals surface area (Å²) >= 11 is 0. The molecule has 0 nitrogen and oxygen atoms in total. The Bertz CT molecular complexity index is 1010. The predicted molar refractivity (Wildman–Crippen MR) is 122 cm³/mol. The molecule has 0 radical (unpaired) electrons. The van der Waals surface area contributed by atoms with Crippen molar-refractivity contribution in [1.29, 1.82) is 0 Å². The standard InChI is InChI=1S/C28H34.2ClH.Zr/c1-18-14-25(28(5,6)7)23(15-19-10-8-9-11-19)24-17-20-16-21(27(2,3)4)12-13-22(20)26(18)24;;;/h8-10,12-14,16H,11,15,17H2,1-7H3;2*1H;/q;;;+2/p-2. The quantitative estimate of drug-likeness (QED) is 0.471. The van der Waals surface area contributed by atoms with E-state index in [1.807, 2.05) is 0 Å². The molecule has 2 aromatic rings. The minimum absolute atomic E-state index is 0. The maximum Gasteiger partial charge on any atom is 2.00 e. The van der Waals surface area contributed by atoms with Crippen LogP contribution in [0, 0.1) is 6.92 Å². The normalized spacial score (nSPS) is 14.1. The number of hydrogen-bond acceptors (Lipinski definition) is 0. The summed E-state index contributed by atoms with van der Waals surface area (Å²) < 4.78 is 0. The van der Waals surface area contributed by atoms with Crippen molar-refractivity contribution in [2.45, 2.75) is 78.6 Å². The molecule has 0 aliphatic heterocycles. The molecule has 0 heterocycles. The second-order valence-electron chi connectivity index (χ2n) is 10.8. The van der Waals surface area contributed by atoms with Crippen LogP contribution in [0.1, 0.15) is 81.3 Å². The second kappa shape index (κ2) is 10.1. The average molecular weight is 533 g/mol. The van der Waals surface area contributed by atoms with Crippen LogP contribution in [0.25, 0.3) is 11.1 Å². The Morgan fingerprint density at radius 3 is 2.13 bits per heavy atom. The Morgan fingerprint density at radius 1 is 0.903 bits per heavy atom. The van der Waals surface area contributed by atoms with Gasteiger partial charge in [0.25, 0.3) is 0 Å². The largest absolute Gasteiger partial charge is 2.00 e. The fourth-order valence-electron chi connectivity index (χ4n) is 4.86. The summed E-state index contributed by atoms with van der Waals surface area (Å²) in [5, 5.41) is 0. The second-order valence-corrected chi connectivity index (χ2v) is 10.8. The van der Waals surface area contributed by atoms with Crippen LogP contribution in [0.15, 0.2) is 48.1 Å². The smallest absolute Gasteiger partial charge is 1.00 e. The molecule has 2 aromatic carbocycles. The first-order chi connectivity index (χ1) is 13.1. The van der Waals surface area contributed by atoms with Gasteiger partial charge in [0.15, 0.2) is 0 Å². The third kappa shape index (κ3) is 5.48. The van der Waals surface area contributed by atoms with Crippen molar-refractivity contribution in [2.75, 3.05) is 0 Å². The third-order valence-electron chi connectivity index (χ3n) is 6.41. The molecule has 31 heavy (non-hydrogen) atoms. The molecule has 0 atom stereocenters. The molecule has 0 N–H and O–H groups in total. The first-order valence-corrected chi connectivity index (χ1v) is 10.7. The molecular weight excluding hydrogens is 498 g/mol. The van der Waals surface area contributed by atoms with E-state index in [-0.39, 0.29) is 61.8 Å². The van der Waals surface area contributed by atoms with Gasteiger partial charge in [-0.25, -0.2) is 0 Å². The van der Waals surface area contributed by atoms with E-state index in [1.165, 1.54) is 33.4 Å². The third-order valence-corrected chi connectivity index (χ3v) is 6.41. The van der Waals surface area contributed by atoms with Crippen LogP contribution < -0.4 is 24.8 Å². The number of aryl methyl sites for hydroxylation is 1. The monoisotopic (exact) mass is 530 g/mol. The van der Waals surface area contributed by atoms with E-state index in [1.54, 1.807) is 16.7 Å². The molecule has 2 aliphatic carbocycles. The number of fused-ring (bicyclic) bond motifs is 3. The summed E-state index contributed by atoms with van der Waals surface area (Å²) in [6.07, 6.45) is 10.1. The topological polar surface area (TPSA) is 0 Å². The minimum Gasteiger partial charge on any atom is -1.00 e. The van der Waals surface area contributed by atoms with Crippen molar-refractivity contribution in [2.24, 2.45) is 0 Å². The Morgan fingerprint density at radius 2 is 1.58 bits per heavy atom. The zero-order valence-corrected chi connectivity index (χ0v) is 23.9. The van der Waals surface area contributed by atoms with Crippen LogP contribution in [0.2, 0.25) is 0 Å². The van der Waals surface area contributed by atoms with Crippen LogP contribution in [-0.4, -0.2) is 0 Å². The fraction of sp³-hybridized carbons (Fsp3) is 0.429. The molecule has 0 aromatic heterocycles. The summed E-state index contributed by atoms with van der Waals surface area (Å²) in [6.45, 7) is 16.3. The number of benzene rings is 2. The molecule has 0 amide bonds. The molecular formula is C28H34Cl2Zr. The van der Waals surface area contributed by atoms with Crippen LogP contribution >= 0.6 is 0 Å². The van der Waals surface area contributed by atoms with E-state index in [9.17, 15) is 0 Å². The van der Waals surface area contributed by atoms with E-state index in [4.69, 9.17) is 0 Å². The van der Waals surface area contributed by atoms with Gasteiger partial charge in [-0.15, -0.1) is 0 Å². The molecule has 0 saturated carbocycles. The van der Waals surface area contributed by atoms with E-state index in [0.717, 1.165) is 19.3 Å². The SMILES string of the molecule is Cc1cc(C(C)(C)C)c(CC2=CC=CC2)c2c1-c1ccc(C(C)(C)C)cc1C2.[Cl-].[Cl-].[Zr+2]. The van der Waals surface area contributed by atoms with Gasteiger partial charge >= 0.3 is 26.2 Å². The Hall–Kier alpha value is -0.617. The van der Waals surface area contributed by atoms with Crippen molar-refractivity contribution in [3.8, 4) is 11.1 Å². The number of allylic oxidation sites excluding steroid dienone is 4. The first-order valence-electron chi connectivity index (χ1n) is 10.7. The van der Waals surface area contributed by atoms with Gasteiger partial charge in [0.1, 0.15) is 0 Å². The molecule has 0 saturated heterocycles. The molecule has 0 bridgehead atoms. The van der Waals surface area contributed by atoms with Crippen molar-refractivity contribution in [3.05, 3.63) is 81.4 Å². The predicted octanol–water partition coefficient (Wildman–Crippen LogP) is 1.60. The molecule has 164 valence electrons. The molecule has 0 fully saturated rings. The van der Waals surface area contributed by atoms with Gasteiger partial charge in [-0.3, -0.25) is 0 Å². The Labute approximate surface area is 220 Å². The number of halogens is 2. The summed E-state index contributed by atoms with van der Waals surface area (Å²) in [7, 11) is 0. The van der Waals surface area contributed by atoms with Crippen molar-refractivity contribution in [3.63, 3.8) is 0 Å². The van der Waals surface area contributed by atoms with Gasteiger partial charge in [0.2, 0.25) is 0 Å². The van der Waals surface area contributed by atoms with E-state index >= 15 is 0 Å². The summed E-state index contributed by atoms with van der Waals surface area (Å²) in [5.74, 6) is 0. The van der Waals surface area contributed by atoms with Crippen LogP contribution in [-0.2, 0) is 49.9 Å². The average Bonchev–Trinajstić information content (AvgIpc) is 3.22. The van der Waals surface area contributed by atoms with E-state index in [2.05, 4.69) is 91.0 Å². The van der Waals surface area contributed by atoms with Gasteiger partial charge in [-0.2, -0.15) is 0 Å². The van der Waals surface area contributed by atoms with E-state index < -0.39 is 0 Å². The van der Waals surface area contributed by atoms with Gasteiger partial charge in [-0.1, -0.05) is 89.6 Å². The number of rotatable bonds is 2. The summed E-state index contributed by atoms with van der Waals surface area (Å²) in [6, 6.07) is 9.66. The molecule has 2 aliphatic rings. The van der Waals surface area contributed by atoms with Gasteiger partial charge < -0.3 is 24.8 Å². The minimum atomic E-state index is 0. The van der Waals surface area contributed by atoms with Gasteiger partial charge in [0, 0.05) is 0 Å². The first kappa shape index (κ1) is 28.4. The van der Waals surface area contributed by atoms with Crippen molar-refractivity contribution >= 4 is 0 Å². The van der Waals surface area contributed by atoms with Crippen molar-refractivity contribution < 1.29 is 51.0 Å². The van der Waals surface area contributed by atoms with Gasteiger partial charge in [-0.05, 0) is 81.5 Å². The summed E-state index contributed by atoms with van der Waals surface area (Å²) in [5.41, 5.74) is 13.9. The van der Waals surface area contributed by atoms with Crippen LogP contribution in [0.4, 0.5) is 0 Å². The molecule has 0 spiro atoms. The number of hydrogen-bond donors (Lipinski definition) is 0. The zero-order valence-electron chi connectivity index (χ0n) is 19.9.